The summed E-state index contributed by atoms with van der Waals surface area (Å²) in [5.41, 5.74) is -4.36. The van der Waals surface area contributed by atoms with Gasteiger partial charge in [0.15, 0.2) is 23.2 Å². The summed E-state index contributed by atoms with van der Waals surface area (Å²) >= 11 is 0. The van der Waals surface area contributed by atoms with Gasteiger partial charge >= 0.3 is 0 Å². The highest BCUT2D eigenvalue weighted by Crippen LogP contribution is 2.45. The van der Waals surface area contributed by atoms with Crippen LogP contribution in [-0.4, -0.2) is 95.9 Å². The molecule has 1 aliphatic rings. The van der Waals surface area contributed by atoms with Crippen molar-refractivity contribution in [3.63, 3.8) is 0 Å². The van der Waals surface area contributed by atoms with E-state index in [1.54, 1.807) is 0 Å². The Labute approximate surface area is 198 Å². The molecule has 0 unspecified atom stereocenters. The third-order valence-electron chi connectivity index (χ3n) is 5.44. The van der Waals surface area contributed by atoms with Crippen molar-refractivity contribution in [2.24, 2.45) is 0 Å². The lowest BCUT2D eigenvalue weighted by molar-refractivity contribution is -1.07. The molecule has 6 N–H and O–H groups in total. The Kier molecular flexibility index (Phi) is 6.74. The third kappa shape index (κ3) is 5.03. The molecule has 0 amide bonds. The minimum atomic E-state index is -1.53. The van der Waals surface area contributed by atoms with Crippen LogP contribution in [0.15, 0.2) is 6.07 Å². The largest absolute Gasteiger partial charge is 0.507 e. The van der Waals surface area contributed by atoms with Gasteiger partial charge in [0.05, 0.1) is 74.9 Å². The molecule has 190 valence electrons. The number of benzene rings is 2. The molecule has 0 spiro atoms. The quantitative estimate of drug-likeness (QED) is 0.157. The molecule has 35 heavy (non-hydrogen) atoms. The molecule has 3 rings (SSSR count). The molecule has 1 aliphatic carbocycles. The summed E-state index contributed by atoms with van der Waals surface area (Å²) in [6.45, 7) is -0.331. The topological polar surface area (TPSA) is 139 Å². The highest BCUT2D eigenvalue weighted by Gasteiger charge is 2.42. The number of carbonyl (C=O) groups excluding carboxylic acids is 2. The fourth-order valence-electron chi connectivity index (χ4n) is 3.71. The van der Waals surface area contributed by atoms with Crippen LogP contribution in [0.1, 0.15) is 31.8 Å². The lowest BCUT2D eigenvalue weighted by Crippen LogP contribution is -2.40. The number of phenolic OH excluding ortho intramolecular Hbond substituents is 2. The minimum absolute atomic E-state index is 0.00466. The number of aromatic hydroxyl groups is 2. The van der Waals surface area contributed by atoms with Gasteiger partial charge in [0, 0.05) is 6.07 Å². The molecular weight excluding hydrogens is 473 g/mol. The second-order valence-electron chi connectivity index (χ2n) is 9.31. The van der Waals surface area contributed by atoms with E-state index in [4.69, 9.17) is 0 Å². The number of hydrogen-bond acceptors (Lipinski definition) is 8. The number of quaternary nitrogens is 2. The first-order chi connectivity index (χ1) is 16.0. The van der Waals surface area contributed by atoms with Gasteiger partial charge in [-0.05, 0) is 0 Å². The van der Waals surface area contributed by atoms with Crippen molar-refractivity contribution in [1.29, 1.82) is 0 Å². The van der Waals surface area contributed by atoms with Crippen LogP contribution in [0, 0.1) is 17.5 Å². The summed E-state index contributed by atoms with van der Waals surface area (Å²) in [5, 5.41) is 45.1. The highest BCUT2D eigenvalue weighted by atomic mass is 19.2. The zero-order valence-corrected chi connectivity index (χ0v) is 19.5. The summed E-state index contributed by atoms with van der Waals surface area (Å²) in [4.78, 5) is 26.7. The van der Waals surface area contributed by atoms with Crippen molar-refractivity contribution in [3.8, 4) is 11.5 Å². The summed E-state index contributed by atoms with van der Waals surface area (Å²) in [5.74, 6) is -8.98. The molecule has 10 nitrogen and oxygen atoms in total. The van der Waals surface area contributed by atoms with Crippen LogP contribution in [-0.2, 0) is 0 Å². The van der Waals surface area contributed by atoms with Crippen LogP contribution >= 0.6 is 0 Å². The molecule has 0 saturated carbocycles. The number of nitrogens with zero attached hydrogens (tertiary/aromatic N) is 2. The van der Waals surface area contributed by atoms with Gasteiger partial charge in [0.25, 0.3) is 0 Å². The molecule has 2 aromatic carbocycles. The van der Waals surface area contributed by atoms with Gasteiger partial charge in [-0.25, -0.2) is 23.6 Å². The summed E-state index contributed by atoms with van der Waals surface area (Å²) in [7, 11) is 5.67. The first kappa shape index (κ1) is 26.2. The average Bonchev–Trinajstić information content (AvgIpc) is 2.71. The van der Waals surface area contributed by atoms with Crippen LogP contribution in [0.2, 0.25) is 0 Å². The normalized spacial score (nSPS) is 13.5. The Hall–Kier alpha value is -3.39. The number of hydrogen-bond donors (Lipinski definition) is 6. The number of likely N-dealkylation sites (N-methyl/N-ethyl adjacent to an activating group) is 2. The van der Waals surface area contributed by atoms with Gasteiger partial charge in [-0.2, -0.15) is 9.29 Å². The van der Waals surface area contributed by atoms with E-state index in [2.05, 4.69) is 10.6 Å². The second kappa shape index (κ2) is 9.00. The predicted octanol–water partition coefficient (Wildman–Crippen LogP) is 2.05. The number of carbonyl (C=O) groups is 2. The fourth-order valence-corrected chi connectivity index (χ4v) is 3.71. The van der Waals surface area contributed by atoms with Gasteiger partial charge in [0.1, 0.15) is 18.8 Å². The van der Waals surface area contributed by atoms with Crippen molar-refractivity contribution < 1.29 is 52.7 Å². The molecule has 0 radical (unpaired) electrons. The lowest BCUT2D eigenvalue weighted by Gasteiger charge is -2.27. The predicted molar refractivity (Wildman–Crippen MR) is 117 cm³/mol. The van der Waals surface area contributed by atoms with E-state index in [0.717, 1.165) is 0 Å². The Morgan fingerprint density at radius 1 is 0.743 bits per heavy atom. The highest BCUT2D eigenvalue weighted by molar-refractivity contribution is 6.33. The molecule has 0 heterocycles. The van der Waals surface area contributed by atoms with E-state index >= 15 is 8.78 Å². The second-order valence-corrected chi connectivity index (χ2v) is 9.31. The Morgan fingerprint density at radius 3 is 1.54 bits per heavy atom. The van der Waals surface area contributed by atoms with Crippen LogP contribution in [0.3, 0.4) is 0 Å². The molecular formula is C22H27F3N4O6+2. The number of anilines is 2. The monoisotopic (exact) mass is 500 g/mol. The van der Waals surface area contributed by atoms with E-state index in [1.807, 2.05) is 0 Å². The maximum Gasteiger partial charge on any atom is 0.200 e. The number of nitrogens with one attached hydrogen (secondary N) is 2. The first-order valence-electron chi connectivity index (χ1n) is 10.5. The van der Waals surface area contributed by atoms with E-state index in [0.29, 0.717) is 6.07 Å². The first-order valence-corrected chi connectivity index (χ1v) is 10.5. The van der Waals surface area contributed by atoms with Gasteiger partial charge in [0.2, 0.25) is 11.6 Å². The lowest BCUT2D eigenvalue weighted by atomic mass is 9.80. The van der Waals surface area contributed by atoms with E-state index in [-0.39, 0.29) is 26.2 Å². The molecule has 0 saturated heterocycles. The minimum Gasteiger partial charge on any atom is -0.507 e. The molecule has 2 aromatic rings. The maximum atomic E-state index is 15.2. The van der Waals surface area contributed by atoms with E-state index in [9.17, 15) is 34.6 Å². The summed E-state index contributed by atoms with van der Waals surface area (Å²) in [6, 6.07) is 0.434. The van der Waals surface area contributed by atoms with Crippen molar-refractivity contribution in [1.82, 2.24) is 0 Å². The van der Waals surface area contributed by atoms with Gasteiger partial charge in [-0.1, -0.05) is 0 Å². The Balaban J connectivity index is 2.25. The average molecular weight is 500 g/mol. The number of rotatable bonds is 8. The van der Waals surface area contributed by atoms with Crippen molar-refractivity contribution in [2.45, 2.75) is 0 Å². The number of halogens is 3. The summed E-state index contributed by atoms with van der Waals surface area (Å²) in [6.07, 6.45) is 0. The van der Waals surface area contributed by atoms with Crippen LogP contribution in [0.5, 0.6) is 11.5 Å². The number of ketones is 2. The maximum absolute atomic E-state index is 15.2. The van der Waals surface area contributed by atoms with Crippen molar-refractivity contribution >= 4 is 22.9 Å². The van der Waals surface area contributed by atoms with E-state index in [1.165, 1.54) is 28.2 Å². The molecule has 0 aromatic heterocycles. The molecule has 0 aliphatic heterocycles. The van der Waals surface area contributed by atoms with Crippen LogP contribution < -0.4 is 10.6 Å². The number of phenols is 2. The van der Waals surface area contributed by atoms with Crippen molar-refractivity contribution in [2.75, 3.05) is 65.0 Å². The number of fused-ring (bicyclic) bond motifs is 2. The fraction of sp³-hybridized carbons (Fsp3) is 0.364. The number of hydroxylamine groups is 6. The van der Waals surface area contributed by atoms with E-state index < -0.39 is 83.4 Å². The molecule has 0 atom stereocenters. The Morgan fingerprint density at radius 2 is 1.14 bits per heavy atom. The zero-order valence-electron chi connectivity index (χ0n) is 19.5. The third-order valence-corrected chi connectivity index (χ3v) is 5.44. The zero-order chi connectivity index (χ0) is 26.5. The van der Waals surface area contributed by atoms with Gasteiger partial charge < -0.3 is 20.8 Å². The standard InChI is InChI=1S/C22H25F3N4O6/c1-28(2,34)7-5-26-18-13-14(19(17(25)16(18)24)27-6-8-29(3,4)35)22(33)15-12(21(13)32)11(30)9-10(23)20(15)31/h9,34-35H,5-8H2,1-4H3,(H2-2,26,27,30,31,32,33)/p+2. The van der Waals surface area contributed by atoms with Gasteiger partial charge in [-0.3, -0.25) is 9.59 Å². The van der Waals surface area contributed by atoms with Gasteiger partial charge in [-0.15, -0.1) is 0 Å². The van der Waals surface area contributed by atoms with Crippen LogP contribution in [0.4, 0.5) is 24.5 Å². The Bertz CT molecular complexity index is 1220. The molecule has 13 heteroatoms. The molecule has 0 bridgehead atoms. The van der Waals surface area contributed by atoms with Crippen LogP contribution in [0.25, 0.3) is 0 Å². The SMILES string of the molecule is C[N+](C)(O)CCNc1c(F)c(F)c(NCC[N+](C)(C)O)c2c1C(=O)c1c(O)cc(F)c(O)c1C2=O. The van der Waals surface area contributed by atoms with Crippen molar-refractivity contribution in [3.05, 3.63) is 45.8 Å². The summed E-state index contributed by atoms with van der Waals surface area (Å²) < 4.78 is 43.4. The molecule has 0 fully saturated rings. The smallest absolute Gasteiger partial charge is 0.200 e.